The van der Waals surface area contributed by atoms with Crippen molar-refractivity contribution in [3.8, 4) is 6.07 Å². The fourth-order valence-corrected chi connectivity index (χ4v) is 3.08. The van der Waals surface area contributed by atoms with Gasteiger partial charge in [-0.05, 0) is 31.4 Å². The van der Waals surface area contributed by atoms with Crippen LogP contribution in [0.5, 0.6) is 0 Å². The van der Waals surface area contributed by atoms with E-state index in [1.54, 1.807) is 4.90 Å². The topological polar surface area (TPSA) is 44.1 Å². The number of hydrogen-bond acceptors (Lipinski definition) is 2. The second-order valence-electron chi connectivity index (χ2n) is 5.53. The summed E-state index contributed by atoms with van der Waals surface area (Å²) < 4.78 is 0. The Balaban J connectivity index is 2.38. The maximum atomic E-state index is 12.6. The van der Waals surface area contributed by atoms with E-state index in [1.165, 1.54) is 0 Å². The molecule has 1 heterocycles. The molecule has 1 aliphatic rings. The third-order valence-corrected chi connectivity index (χ3v) is 4.11. The molecule has 1 aliphatic heterocycles. The van der Waals surface area contributed by atoms with Gasteiger partial charge in [0.1, 0.15) is 0 Å². The molecule has 0 aromatic heterocycles. The molecule has 19 heavy (non-hydrogen) atoms. The van der Waals surface area contributed by atoms with Gasteiger partial charge in [-0.15, -0.1) is 0 Å². The first-order valence-corrected chi connectivity index (χ1v) is 6.82. The molecule has 0 bridgehead atoms. The molecule has 2 rings (SSSR count). The van der Waals surface area contributed by atoms with Gasteiger partial charge in [-0.1, -0.05) is 31.5 Å². The predicted molar refractivity (Wildman–Crippen MR) is 75.8 cm³/mol. The van der Waals surface area contributed by atoms with Crippen LogP contribution in [0.15, 0.2) is 24.3 Å². The average Bonchev–Trinajstić information content (AvgIpc) is 2.62. The van der Waals surface area contributed by atoms with Gasteiger partial charge in [0.05, 0.1) is 11.5 Å². The van der Waals surface area contributed by atoms with Gasteiger partial charge < -0.3 is 4.90 Å². The van der Waals surface area contributed by atoms with Crippen molar-refractivity contribution in [2.75, 3.05) is 11.9 Å². The van der Waals surface area contributed by atoms with Gasteiger partial charge >= 0.3 is 0 Å². The lowest BCUT2D eigenvalue weighted by Gasteiger charge is -2.25. The highest BCUT2D eigenvalue weighted by atomic mass is 16.2. The summed E-state index contributed by atoms with van der Waals surface area (Å²) in [4.78, 5) is 14.3. The highest BCUT2D eigenvalue weighted by molar-refractivity contribution is 6.07. The number of para-hydroxylation sites is 1. The van der Waals surface area contributed by atoms with Crippen LogP contribution >= 0.6 is 0 Å². The number of rotatable bonds is 4. The lowest BCUT2D eigenvalue weighted by atomic mass is 9.75. The zero-order chi connectivity index (χ0) is 14.0. The van der Waals surface area contributed by atoms with Gasteiger partial charge in [-0.2, -0.15) is 5.26 Å². The van der Waals surface area contributed by atoms with E-state index >= 15 is 0 Å². The number of hydrogen-bond donors (Lipinski definition) is 0. The maximum absolute atomic E-state index is 12.6. The first kappa shape index (κ1) is 13.6. The molecule has 0 saturated heterocycles. The quantitative estimate of drug-likeness (QED) is 0.830. The van der Waals surface area contributed by atoms with Crippen molar-refractivity contribution in [1.29, 1.82) is 5.26 Å². The number of nitrogens with zero attached hydrogens (tertiary/aromatic N) is 2. The highest BCUT2D eigenvalue weighted by Gasteiger charge is 2.46. The molecule has 100 valence electrons. The van der Waals surface area contributed by atoms with E-state index in [1.807, 2.05) is 38.2 Å². The summed E-state index contributed by atoms with van der Waals surface area (Å²) in [6, 6.07) is 10.2. The zero-order valence-electron chi connectivity index (χ0n) is 11.8. The Labute approximate surface area is 114 Å². The van der Waals surface area contributed by atoms with Crippen LogP contribution in [0.4, 0.5) is 5.69 Å². The number of likely N-dealkylation sites (N-methyl/N-ethyl adjacent to an activating group) is 1. The van der Waals surface area contributed by atoms with Gasteiger partial charge in [-0.3, -0.25) is 4.79 Å². The van der Waals surface area contributed by atoms with Crippen molar-refractivity contribution in [3.63, 3.8) is 0 Å². The predicted octanol–water partition coefficient (Wildman–Crippen LogP) is 3.25. The molecule has 0 radical (unpaired) electrons. The van der Waals surface area contributed by atoms with E-state index in [0.29, 0.717) is 6.42 Å². The van der Waals surface area contributed by atoms with Crippen LogP contribution in [0.25, 0.3) is 0 Å². The summed E-state index contributed by atoms with van der Waals surface area (Å²) in [7, 11) is 1.81. The molecule has 0 N–H and O–H groups in total. The van der Waals surface area contributed by atoms with Crippen LogP contribution in [0, 0.1) is 17.2 Å². The molecular weight excluding hydrogens is 236 g/mol. The molecule has 0 unspecified atom stereocenters. The second kappa shape index (κ2) is 5.05. The second-order valence-corrected chi connectivity index (χ2v) is 5.53. The van der Waals surface area contributed by atoms with E-state index in [0.717, 1.165) is 24.1 Å². The first-order chi connectivity index (χ1) is 9.04. The number of benzene rings is 1. The Morgan fingerprint density at radius 2 is 2.11 bits per heavy atom. The normalized spacial score (nSPS) is 23.1. The largest absolute Gasteiger partial charge is 0.314 e. The minimum absolute atomic E-state index is 0.0569. The summed E-state index contributed by atoms with van der Waals surface area (Å²) in [5.41, 5.74) is 1.48. The lowest BCUT2D eigenvalue weighted by molar-refractivity contribution is -0.122. The van der Waals surface area contributed by atoms with E-state index < -0.39 is 5.41 Å². The third-order valence-electron chi connectivity index (χ3n) is 4.11. The summed E-state index contributed by atoms with van der Waals surface area (Å²) in [5, 5.41) is 9.26. The van der Waals surface area contributed by atoms with Gasteiger partial charge in [-0.25, -0.2) is 0 Å². The van der Waals surface area contributed by atoms with E-state index in [4.69, 9.17) is 0 Å². The van der Waals surface area contributed by atoms with Gasteiger partial charge in [0.25, 0.3) is 0 Å². The molecule has 3 nitrogen and oxygen atoms in total. The highest BCUT2D eigenvalue weighted by Crippen LogP contribution is 2.44. The summed E-state index contributed by atoms with van der Waals surface area (Å²) in [6.07, 6.45) is 2.43. The molecule has 1 amide bonds. The third kappa shape index (κ3) is 2.12. The molecule has 3 heteroatoms. The number of amides is 1. The minimum Gasteiger partial charge on any atom is -0.314 e. The van der Waals surface area contributed by atoms with Gasteiger partial charge in [0.15, 0.2) is 0 Å². The van der Waals surface area contributed by atoms with Crippen LogP contribution in [0.2, 0.25) is 0 Å². The van der Waals surface area contributed by atoms with E-state index in [9.17, 15) is 10.1 Å². The zero-order valence-corrected chi connectivity index (χ0v) is 11.8. The summed E-state index contributed by atoms with van der Waals surface area (Å²) in [5.74, 6) is 0.0450. The monoisotopic (exact) mass is 256 g/mol. The fourth-order valence-electron chi connectivity index (χ4n) is 3.08. The molecule has 0 aliphatic carbocycles. The van der Waals surface area contributed by atoms with Crippen molar-refractivity contribution in [3.05, 3.63) is 29.8 Å². The number of anilines is 1. The van der Waals surface area contributed by atoms with Gasteiger partial charge in [0, 0.05) is 18.7 Å². The number of carbonyl (C=O) groups excluding carboxylic acids is 1. The van der Waals surface area contributed by atoms with Gasteiger partial charge in [0.2, 0.25) is 5.91 Å². The number of nitriles is 1. The molecule has 0 spiro atoms. The van der Waals surface area contributed by atoms with Crippen molar-refractivity contribution >= 4 is 11.6 Å². The molecular formula is C16H20N2O. The molecule has 0 fully saturated rings. The Bertz CT molecular complexity index is 532. The molecule has 2 atom stereocenters. The van der Waals surface area contributed by atoms with E-state index in [-0.39, 0.29) is 11.8 Å². The van der Waals surface area contributed by atoms with Crippen molar-refractivity contribution in [2.24, 2.45) is 5.92 Å². The van der Waals surface area contributed by atoms with Crippen molar-refractivity contribution in [2.45, 2.75) is 38.5 Å². The Morgan fingerprint density at radius 1 is 1.42 bits per heavy atom. The number of fused-ring (bicyclic) bond motifs is 1. The van der Waals surface area contributed by atoms with Crippen LogP contribution in [0.1, 0.15) is 38.7 Å². The van der Waals surface area contributed by atoms with Crippen LogP contribution in [0.3, 0.4) is 0 Å². The van der Waals surface area contributed by atoms with Crippen LogP contribution in [-0.4, -0.2) is 13.0 Å². The standard InChI is InChI=1S/C16H20N2O/c1-4-7-12(11-17)10-16(2)13-8-5-6-9-14(13)18(3)15(16)19/h5-6,8-9,12H,4,7,10H2,1-3H3/t12-,16+/m1/s1. The van der Waals surface area contributed by atoms with Crippen molar-refractivity contribution in [1.82, 2.24) is 0 Å². The van der Waals surface area contributed by atoms with E-state index in [2.05, 4.69) is 13.0 Å². The summed E-state index contributed by atoms with van der Waals surface area (Å²) in [6.45, 7) is 4.04. The minimum atomic E-state index is -0.555. The molecule has 0 saturated carbocycles. The average molecular weight is 256 g/mol. The molecule has 1 aromatic carbocycles. The Hall–Kier alpha value is -1.82. The first-order valence-electron chi connectivity index (χ1n) is 6.82. The lowest BCUT2D eigenvalue weighted by Crippen LogP contribution is -2.37. The summed E-state index contributed by atoms with van der Waals surface area (Å²) >= 11 is 0. The van der Waals surface area contributed by atoms with Crippen LogP contribution in [-0.2, 0) is 10.2 Å². The Morgan fingerprint density at radius 3 is 2.74 bits per heavy atom. The SMILES string of the molecule is CCC[C@@H](C#N)C[C@]1(C)C(=O)N(C)c2ccccc21. The fraction of sp³-hybridized carbons (Fsp3) is 0.500. The van der Waals surface area contributed by atoms with Crippen molar-refractivity contribution < 1.29 is 4.79 Å². The smallest absolute Gasteiger partial charge is 0.237 e. The van der Waals surface area contributed by atoms with Crippen LogP contribution < -0.4 is 4.90 Å². The number of carbonyl (C=O) groups is 1. The Kier molecular flexibility index (Phi) is 3.61. The molecule has 1 aromatic rings. The maximum Gasteiger partial charge on any atom is 0.237 e.